The van der Waals surface area contributed by atoms with Crippen molar-refractivity contribution in [2.24, 2.45) is 0 Å². The van der Waals surface area contributed by atoms with Gasteiger partial charge in [-0.05, 0) is 48.0 Å². The predicted molar refractivity (Wildman–Crippen MR) is 95.2 cm³/mol. The topological polar surface area (TPSA) is 52.6 Å². The van der Waals surface area contributed by atoms with E-state index in [1.807, 2.05) is 6.07 Å². The van der Waals surface area contributed by atoms with Gasteiger partial charge in [-0.1, -0.05) is 35.9 Å². The summed E-state index contributed by atoms with van der Waals surface area (Å²) in [5.74, 6) is -1.04. The first kappa shape index (κ1) is 15.8. The summed E-state index contributed by atoms with van der Waals surface area (Å²) in [4.78, 5) is 13.1. The number of anilines is 1. The van der Waals surface area contributed by atoms with Crippen molar-refractivity contribution in [2.45, 2.75) is 13.0 Å². The average molecular weight is 347 g/mol. The highest BCUT2D eigenvalue weighted by molar-refractivity contribution is 7.80. The number of nitrogens with one attached hydrogen (secondary N) is 1. The maximum absolute atomic E-state index is 11.0. The summed E-state index contributed by atoms with van der Waals surface area (Å²) in [5.41, 5.74) is 3.40. The minimum Gasteiger partial charge on any atom is -0.478 e. The smallest absolute Gasteiger partial charge is 0.337 e. The quantitative estimate of drug-likeness (QED) is 0.810. The molecule has 0 saturated carbocycles. The van der Waals surface area contributed by atoms with Crippen molar-refractivity contribution in [3.05, 3.63) is 64.2 Å². The number of carboxylic acids is 1. The first-order valence-corrected chi connectivity index (χ1v) is 7.99. The number of thiocarbonyl (C=S) groups is 1. The molecular formula is C17H15ClN2O2S. The highest BCUT2D eigenvalue weighted by atomic mass is 35.5. The van der Waals surface area contributed by atoms with E-state index < -0.39 is 5.97 Å². The summed E-state index contributed by atoms with van der Waals surface area (Å²) in [6, 6.07) is 13.1. The number of rotatable bonds is 2. The van der Waals surface area contributed by atoms with Crippen LogP contribution in [-0.4, -0.2) is 27.6 Å². The Bertz CT molecular complexity index is 779. The molecule has 0 radical (unpaired) electrons. The molecule has 0 fully saturated rings. The zero-order valence-electron chi connectivity index (χ0n) is 12.3. The number of carbonyl (C=O) groups is 1. The SMILES string of the molecule is O=C(O)c1ccc(NC(=S)N2CCc3ccccc3C2)cc1Cl. The Morgan fingerprint density at radius 2 is 1.96 bits per heavy atom. The van der Waals surface area contributed by atoms with Crippen LogP contribution in [0.1, 0.15) is 21.5 Å². The summed E-state index contributed by atoms with van der Waals surface area (Å²) < 4.78 is 0. The van der Waals surface area contributed by atoms with Gasteiger partial charge >= 0.3 is 5.97 Å². The van der Waals surface area contributed by atoms with Gasteiger partial charge in [0.15, 0.2) is 5.11 Å². The third kappa shape index (κ3) is 3.46. The van der Waals surface area contributed by atoms with Crippen LogP contribution >= 0.6 is 23.8 Å². The Morgan fingerprint density at radius 1 is 1.22 bits per heavy atom. The van der Waals surface area contributed by atoms with Crippen LogP contribution in [-0.2, 0) is 13.0 Å². The van der Waals surface area contributed by atoms with Gasteiger partial charge in [-0.2, -0.15) is 0 Å². The molecular weight excluding hydrogens is 332 g/mol. The molecule has 0 unspecified atom stereocenters. The number of halogens is 1. The van der Waals surface area contributed by atoms with Gasteiger partial charge < -0.3 is 15.3 Å². The summed E-state index contributed by atoms with van der Waals surface area (Å²) in [5, 5.41) is 12.9. The van der Waals surface area contributed by atoms with E-state index in [9.17, 15) is 4.79 Å². The molecule has 0 aromatic heterocycles. The highest BCUT2D eigenvalue weighted by Crippen LogP contribution is 2.23. The van der Waals surface area contributed by atoms with E-state index in [1.165, 1.54) is 17.2 Å². The van der Waals surface area contributed by atoms with Gasteiger partial charge in [0, 0.05) is 18.8 Å². The molecule has 2 aromatic rings. The van der Waals surface area contributed by atoms with Crippen LogP contribution in [0.4, 0.5) is 5.69 Å². The molecule has 0 amide bonds. The van der Waals surface area contributed by atoms with Gasteiger partial charge in [-0.15, -0.1) is 0 Å². The van der Waals surface area contributed by atoms with Gasteiger partial charge in [0.2, 0.25) is 0 Å². The molecule has 2 N–H and O–H groups in total. The number of fused-ring (bicyclic) bond motifs is 1. The fraction of sp³-hybridized carbons (Fsp3) is 0.176. The highest BCUT2D eigenvalue weighted by Gasteiger charge is 2.18. The van der Waals surface area contributed by atoms with E-state index in [2.05, 4.69) is 28.4 Å². The zero-order chi connectivity index (χ0) is 16.4. The van der Waals surface area contributed by atoms with Crippen molar-refractivity contribution in [1.29, 1.82) is 0 Å². The van der Waals surface area contributed by atoms with Crippen LogP contribution in [0.15, 0.2) is 42.5 Å². The van der Waals surface area contributed by atoms with Gasteiger partial charge in [-0.25, -0.2) is 4.79 Å². The van der Waals surface area contributed by atoms with Crippen LogP contribution in [0.5, 0.6) is 0 Å². The molecule has 0 aliphatic carbocycles. The minimum atomic E-state index is -1.04. The zero-order valence-corrected chi connectivity index (χ0v) is 13.8. The Labute approximate surface area is 144 Å². The van der Waals surface area contributed by atoms with E-state index in [0.29, 0.717) is 10.8 Å². The second kappa shape index (κ2) is 6.56. The summed E-state index contributed by atoms with van der Waals surface area (Å²) in [6.07, 6.45) is 0.955. The van der Waals surface area contributed by atoms with E-state index in [0.717, 1.165) is 19.5 Å². The lowest BCUT2D eigenvalue weighted by atomic mass is 10.0. The molecule has 1 aliphatic heterocycles. The number of hydrogen-bond acceptors (Lipinski definition) is 2. The molecule has 0 atom stereocenters. The maximum atomic E-state index is 11.0. The molecule has 3 rings (SSSR count). The molecule has 2 aromatic carbocycles. The van der Waals surface area contributed by atoms with E-state index >= 15 is 0 Å². The van der Waals surface area contributed by atoms with Gasteiger partial charge in [-0.3, -0.25) is 0 Å². The number of hydrogen-bond donors (Lipinski definition) is 2. The standard InChI is InChI=1S/C17H15ClN2O2S/c18-15-9-13(5-6-14(15)16(21)22)19-17(23)20-8-7-11-3-1-2-4-12(11)10-20/h1-6,9H,7-8,10H2,(H,19,23)(H,21,22). The van der Waals surface area contributed by atoms with Crippen LogP contribution in [0.3, 0.4) is 0 Å². The average Bonchev–Trinajstić information content (AvgIpc) is 2.54. The number of nitrogens with zero attached hydrogens (tertiary/aromatic N) is 1. The van der Waals surface area contributed by atoms with Crippen molar-refractivity contribution < 1.29 is 9.90 Å². The number of benzene rings is 2. The predicted octanol–water partition coefficient (Wildman–Crippen LogP) is 3.79. The second-order valence-corrected chi connectivity index (χ2v) is 6.16. The van der Waals surface area contributed by atoms with Crippen LogP contribution in [0, 0.1) is 0 Å². The van der Waals surface area contributed by atoms with Crippen LogP contribution in [0.25, 0.3) is 0 Å². The van der Waals surface area contributed by atoms with Crippen molar-refractivity contribution in [1.82, 2.24) is 4.90 Å². The van der Waals surface area contributed by atoms with Gasteiger partial charge in [0.05, 0.1) is 10.6 Å². The lowest BCUT2D eigenvalue weighted by Gasteiger charge is -2.31. The van der Waals surface area contributed by atoms with Crippen molar-refractivity contribution in [2.75, 3.05) is 11.9 Å². The summed E-state index contributed by atoms with van der Waals surface area (Å²) in [6.45, 7) is 1.62. The Balaban J connectivity index is 1.71. The van der Waals surface area contributed by atoms with E-state index in [1.54, 1.807) is 12.1 Å². The lowest BCUT2D eigenvalue weighted by Crippen LogP contribution is -2.38. The molecule has 4 nitrogen and oxygen atoms in total. The Kier molecular flexibility index (Phi) is 4.50. The Morgan fingerprint density at radius 3 is 2.65 bits per heavy atom. The lowest BCUT2D eigenvalue weighted by molar-refractivity contribution is 0.0697. The number of carboxylic acid groups (broad SMARTS) is 1. The molecule has 1 aliphatic rings. The van der Waals surface area contributed by atoms with E-state index in [4.69, 9.17) is 28.9 Å². The van der Waals surface area contributed by atoms with Crippen LogP contribution in [0.2, 0.25) is 5.02 Å². The maximum Gasteiger partial charge on any atom is 0.337 e. The van der Waals surface area contributed by atoms with Crippen molar-refractivity contribution >= 4 is 40.6 Å². The molecule has 118 valence electrons. The first-order valence-electron chi connectivity index (χ1n) is 7.20. The fourth-order valence-corrected chi connectivity index (χ4v) is 3.17. The fourth-order valence-electron chi connectivity index (χ4n) is 2.64. The largest absolute Gasteiger partial charge is 0.478 e. The van der Waals surface area contributed by atoms with Gasteiger partial charge in [0.1, 0.15) is 0 Å². The van der Waals surface area contributed by atoms with E-state index in [-0.39, 0.29) is 10.6 Å². The third-order valence-electron chi connectivity index (χ3n) is 3.87. The molecule has 0 spiro atoms. The van der Waals surface area contributed by atoms with Gasteiger partial charge in [0.25, 0.3) is 0 Å². The van der Waals surface area contributed by atoms with Crippen molar-refractivity contribution in [3.63, 3.8) is 0 Å². The van der Waals surface area contributed by atoms with Crippen molar-refractivity contribution in [3.8, 4) is 0 Å². The summed E-state index contributed by atoms with van der Waals surface area (Å²) >= 11 is 11.5. The normalized spacial score (nSPS) is 13.3. The molecule has 6 heteroatoms. The Hall–Kier alpha value is -2.11. The first-order chi connectivity index (χ1) is 11.0. The molecule has 0 saturated heterocycles. The van der Waals surface area contributed by atoms with Crippen LogP contribution < -0.4 is 5.32 Å². The minimum absolute atomic E-state index is 0.0787. The summed E-state index contributed by atoms with van der Waals surface area (Å²) in [7, 11) is 0. The monoisotopic (exact) mass is 346 g/mol. The molecule has 0 bridgehead atoms. The number of aromatic carboxylic acids is 1. The third-order valence-corrected chi connectivity index (χ3v) is 4.54. The molecule has 1 heterocycles. The molecule has 23 heavy (non-hydrogen) atoms. The second-order valence-electron chi connectivity index (χ2n) is 5.37.